The molecule has 114 valence electrons. The van der Waals surface area contributed by atoms with Crippen LogP contribution in [0.3, 0.4) is 0 Å². The summed E-state index contributed by atoms with van der Waals surface area (Å²) in [5.41, 5.74) is 0.548. The molecule has 0 saturated heterocycles. The zero-order chi connectivity index (χ0) is 16.1. The van der Waals surface area contributed by atoms with Gasteiger partial charge in [-0.3, -0.25) is 10.1 Å². The number of carbonyl (C=O) groups excluding carboxylic acids is 1. The summed E-state index contributed by atoms with van der Waals surface area (Å²) < 4.78 is 29.7. The SMILES string of the molecule is O=C(NC(O[P+](=O)O)O[P+](=O)O)c1ccc2ccccc2n1. The van der Waals surface area contributed by atoms with Gasteiger partial charge in [0.1, 0.15) is 5.69 Å². The van der Waals surface area contributed by atoms with Gasteiger partial charge in [0.05, 0.1) is 5.52 Å². The summed E-state index contributed by atoms with van der Waals surface area (Å²) in [7, 11) is -6.30. The third-order valence-corrected chi connectivity index (χ3v) is 3.20. The molecule has 11 heteroatoms. The first-order valence-electron chi connectivity index (χ1n) is 5.78. The maximum absolute atomic E-state index is 12.0. The molecule has 0 saturated carbocycles. The lowest BCUT2D eigenvalue weighted by atomic mass is 10.2. The average molecular weight is 344 g/mol. The van der Waals surface area contributed by atoms with E-state index >= 15 is 0 Å². The number of nitrogens with zero attached hydrogens (tertiary/aromatic N) is 1. The van der Waals surface area contributed by atoms with Gasteiger partial charge >= 0.3 is 22.9 Å². The van der Waals surface area contributed by atoms with Crippen molar-refractivity contribution >= 4 is 33.3 Å². The topological polar surface area (TPSA) is 135 Å². The minimum atomic E-state index is -3.15. The summed E-state index contributed by atoms with van der Waals surface area (Å²) in [6.45, 7) is 0. The lowest BCUT2D eigenvalue weighted by molar-refractivity contribution is -0.0191. The summed E-state index contributed by atoms with van der Waals surface area (Å²) in [6.07, 6.45) is -1.86. The molecule has 2 rings (SSSR count). The number of hydrogen-bond acceptors (Lipinski definition) is 6. The van der Waals surface area contributed by atoms with Crippen LogP contribution >= 0.6 is 16.5 Å². The smallest absolute Gasteiger partial charge is 0.295 e. The van der Waals surface area contributed by atoms with Gasteiger partial charge in [0.15, 0.2) is 0 Å². The van der Waals surface area contributed by atoms with Crippen molar-refractivity contribution in [2.24, 2.45) is 0 Å². The highest BCUT2D eigenvalue weighted by Gasteiger charge is 2.34. The Morgan fingerprint density at radius 1 is 1.09 bits per heavy atom. The van der Waals surface area contributed by atoms with Crippen LogP contribution in [0.15, 0.2) is 36.4 Å². The van der Waals surface area contributed by atoms with Crippen molar-refractivity contribution in [1.29, 1.82) is 0 Å². The molecule has 0 aliphatic carbocycles. The number of benzene rings is 1. The number of fused-ring (bicyclic) bond motifs is 1. The fraction of sp³-hybridized carbons (Fsp3) is 0.0909. The van der Waals surface area contributed by atoms with Crippen molar-refractivity contribution in [2.75, 3.05) is 0 Å². The highest BCUT2D eigenvalue weighted by molar-refractivity contribution is 7.32. The number of carbonyl (C=O) groups is 1. The van der Waals surface area contributed by atoms with Gasteiger partial charge in [-0.05, 0) is 12.1 Å². The van der Waals surface area contributed by atoms with Crippen LogP contribution in [0.2, 0.25) is 0 Å². The predicted molar refractivity (Wildman–Crippen MR) is 74.8 cm³/mol. The van der Waals surface area contributed by atoms with Crippen LogP contribution in [-0.4, -0.2) is 27.1 Å². The normalized spacial score (nSPS) is 13.5. The molecule has 9 nitrogen and oxygen atoms in total. The van der Waals surface area contributed by atoms with Gasteiger partial charge in [-0.1, -0.05) is 33.3 Å². The molecule has 1 amide bonds. The van der Waals surface area contributed by atoms with E-state index in [-0.39, 0.29) is 5.69 Å². The molecule has 0 fully saturated rings. The third-order valence-electron chi connectivity index (χ3n) is 2.45. The first-order valence-corrected chi connectivity index (χ1v) is 8.04. The first-order chi connectivity index (χ1) is 10.5. The number of rotatable bonds is 6. The second-order valence-electron chi connectivity index (χ2n) is 3.88. The van der Waals surface area contributed by atoms with E-state index in [1.807, 2.05) is 17.4 Å². The van der Waals surface area contributed by atoms with Crippen molar-refractivity contribution in [3.63, 3.8) is 0 Å². The second kappa shape index (κ2) is 7.42. The predicted octanol–water partition coefficient (Wildman–Crippen LogP) is 1.58. The number of aromatic nitrogens is 1. The first kappa shape index (κ1) is 16.5. The van der Waals surface area contributed by atoms with Gasteiger partial charge in [0.25, 0.3) is 5.91 Å². The minimum Gasteiger partial charge on any atom is -0.295 e. The Labute approximate surface area is 125 Å². The van der Waals surface area contributed by atoms with Crippen molar-refractivity contribution in [3.05, 3.63) is 42.1 Å². The Bertz CT molecular complexity index is 723. The summed E-state index contributed by atoms with van der Waals surface area (Å²) in [6, 6.07) is 10.2. The van der Waals surface area contributed by atoms with E-state index in [1.54, 1.807) is 18.2 Å². The number of nitrogens with one attached hydrogen (secondary N) is 1. The zero-order valence-corrected chi connectivity index (χ0v) is 12.6. The molecule has 22 heavy (non-hydrogen) atoms. The number of pyridine rings is 1. The maximum atomic E-state index is 12.0. The van der Waals surface area contributed by atoms with Crippen LogP contribution in [-0.2, 0) is 18.2 Å². The molecule has 0 aliphatic heterocycles. The fourth-order valence-electron chi connectivity index (χ4n) is 1.61. The lowest BCUT2D eigenvalue weighted by Gasteiger charge is -2.06. The third kappa shape index (κ3) is 4.57. The molecule has 1 aromatic carbocycles. The Kier molecular flexibility index (Phi) is 5.57. The summed E-state index contributed by atoms with van der Waals surface area (Å²) in [4.78, 5) is 33.3. The second-order valence-corrected chi connectivity index (χ2v) is 5.25. The average Bonchev–Trinajstić information content (AvgIpc) is 2.45. The van der Waals surface area contributed by atoms with Crippen molar-refractivity contribution in [2.45, 2.75) is 6.41 Å². The molecule has 0 aliphatic rings. The van der Waals surface area contributed by atoms with Gasteiger partial charge in [0.2, 0.25) is 0 Å². The van der Waals surface area contributed by atoms with E-state index in [2.05, 4.69) is 14.0 Å². The van der Waals surface area contributed by atoms with E-state index in [1.165, 1.54) is 6.07 Å². The molecular formula is C11H10N2O7P2+2. The number of para-hydroxylation sites is 1. The van der Waals surface area contributed by atoms with E-state index in [0.717, 1.165) is 5.39 Å². The quantitative estimate of drug-likeness (QED) is 0.531. The molecule has 2 atom stereocenters. The van der Waals surface area contributed by atoms with Crippen LogP contribution in [0.5, 0.6) is 0 Å². The standard InChI is InChI=1S/C11H8N2O7P2/c14-10(13-11(19-21(15)16)20-22(17)18)9-6-5-7-3-1-2-4-8(7)12-9/h1-6,11H,(H-2,13,14,15,16,17,18)/p+2. The molecule has 0 bridgehead atoms. The summed E-state index contributed by atoms with van der Waals surface area (Å²) >= 11 is 0. The Hall–Kier alpha value is -1.86. The van der Waals surface area contributed by atoms with Crippen molar-refractivity contribution in [1.82, 2.24) is 10.3 Å². The van der Waals surface area contributed by atoms with E-state index in [0.29, 0.717) is 5.52 Å². The Morgan fingerprint density at radius 3 is 2.36 bits per heavy atom. The highest BCUT2D eigenvalue weighted by Crippen LogP contribution is 2.25. The van der Waals surface area contributed by atoms with Gasteiger partial charge in [0, 0.05) is 14.5 Å². The van der Waals surface area contributed by atoms with Crippen molar-refractivity contribution in [3.8, 4) is 0 Å². The molecule has 3 N–H and O–H groups in total. The van der Waals surface area contributed by atoms with Gasteiger partial charge in [-0.25, -0.2) is 4.98 Å². The molecule has 0 radical (unpaired) electrons. The monoisotopic (exact) mass is 344 g/mol. The Balaban J connectivity index is 2.16. The molecule has 1 aromatic heterocycles. The van der Waals surface area contributed by atoms with Crippen LogP contribution in [0, 0.1) is 0 Å². The van der Waals surface area contributed by atoms with Crippen LogP contribution in [0.4, 0.5) is 0 Å². The molecule has 1 heterocycles. The molecule has 0 spiro atoms. The van der Waals surface area contributed by atoms with Crippen LogP contribution < -0.4 is 5.32 Å². The molecular weight excluding hydrogens is 334 g/mol. The van der Waals surface area contributed by atoms with Gasteiger partial charge in [-0.15, -0.1) is 9.79 Å². The number of hydrogen-bond donors (Lipinski definition) is 3. The largest absolute Gasteiger partial charge is 0.699 e. The molecule has 2 unspecified atom stereocenters. The van der Waals surface area contributed by atoms with E-state index in [9.17, 15) is 13.9 Å². The van der Waals surface area contributed by atoms with Crippen LogP contribution in [0.25, 0.3) is 10.9 Å². The zero-order valence-electron chi connectivity index (χ0n) is 10.8. The van der Waals surface area contributed by atoms with E-state index < -0.39 is 28.8 Å². The minimum absolute atomic E-state index is 0.0165. The van der Waals surface area contributed by atoms with E-state index in [4.69, 9.17) is 9.79 Å². The lowest BCUT2D eigenvalue weighted by Crippen LogP contribution is -2.36. The summed E-state index contributed by atoms with van der Waals surface area (Å²) in [5.74, 6) is -0.801. The fourth-order valence-corrected chi connectivity index (χ4v) is 2.20. The Morgan fingerprint density at radius 2 is 1.73 bits per heavy atom. The number of amides is 1. The van der Waals surface area contributed by atoms with Crippen LogP contribution in [0.1, 0.15) is 10.5 Å². The van der Waals surface area contributed by atoms with Crippen molar-refractivity contribution < 1.29 is 32.8 Å². The highest BCUT2D eigenvalue weighted by atomic mass is 31.1. The maximum Gasteiger partial charge on any atom is 0.699 e. The molecule has 2 aromatic rings. The van der Waals surface area contributed by atoms with Gasteiger partial charge in [-0.2, -0.15) is 0 Å². The summed E-state index contributed by atoms with van der Waals surface area (Å²) in [5, 5.41) is 2.85. The van der Waals surface area contributed by atoms with Gasteiger partial charge < -0.3 is 0 Å².